The van der Waals surface area contributed by atoms with Crippen LogP contribution in [0.5, 0.6) is 0 Å². The Morgan fingerprint density at radius 1 is 1.53 bits per heavy atom. The first-order valence-corrected chi connectivity index (χ1v) is 6.59. The molecule has 1 unspecified atom stereocenters. The molecule has 0 saturated carbocycles. The highest BCUT2D eigenvalue weighted by Gasteiger charge is 2.16. The molecular weight excluding hydrogens is 214 g/mol. The molecule has 1 aromatic heterocycles. The van der Waals surface area contributed by atoms with E-state index in [2.05, 4.69) is 22.5 Å². The van der Waals surface area contributed by atoms with Gasteiger partial charge in [0, 0.05) is 18.9 Å². The van der Waals surface area contributed by atoms with Gasteiger partial charge in [0.05, 0.1) is 6.20 Å². The van der Waals surface area contributed by atoms with Gasteiger partial charge < -0.3 is 15.1 Å². The minimum absolute atomic E-state index is 0.440. The third kappa shape index (κ3) is 3.82. The second-order valence-electron chi connectivity index (χ2n) is 5.01. The topological polar surface area (TPSA) is 50.1 Å². The zero-order valence-corrected chi connectivity index (χ0v) is 10.8. The molecule has 0 aliphatic carbocycles. The van der Waals surface area contributed by atoms with E-state index < -0.39 is 0 Å². The van der Waals surface area contributed by atoms with Gasteiger partial charge in [-0.05, 0) is 45.8 Å². The molecule has 1 aliphatic heterocycles. The molecule has 0 bridgehead atoms. The van der Waals surface area contributed by atoms with E-state index in [-0.39, 0.29) is 0 Å². The van der Waals surface area contributed by atoms with E-state index in [9.17, 15) is 0 Å². The number of hydrogen-bond acceptors (Lipinski definition) is 4. The first kappa shape index (κ1) is 12.6. The van der Waals surface area contributed by atoms with Gasteiger partial charge in [-0.2, -0.15) is 0 Å². The Hall–Kier alpha value is -0.870. The third-order valence-corrected chi connectivity index (χ3v) is 3.52. The van der Waals surface area contributed by atoms with Crippen LogP contribution in [-0.4, -0.2) is 31.2 Å². The van der Waals surface area contributed by atoms with Crippen molar-refractivity contribution in [1.29, 1.82) is 0 Å². The molecule has 1 aliphatic rings. The van der Waals surface area contributed by atoms with Crippen LogP contribution in [0.4, 0.5) is 0 Å². The van der Waals surface area contributed by atoms with E-state index in [0.29, 0.717) is 6.04 Å². The summed E-state index contributed by atoms with van der Waals surface area (Å²) >= 11 is 0. The standard InChI is InChI=1S/C13H23N3O/c1-10(14-2)7-12-9-16-13(17-12)8-11-3-5-15-6-4-11/h9-11,14-15H,3-8H2,1-2H3. The van der Waals surface area contributed by atoms with Crippen molar-refractivity contribution in [3.05, 3.63) is 17.8 Å². The summed E-state index contributed by atoms with van der Waals surface area (Å²) in [5.74, 6) is 2.65. The third-order valence-electron chi connectivity index (χ3n) is 3.52. The van der Waals surface area contributed by atoms with Crippen LogP contribution in [0.2, 0.25) is 0 Å². The highest BCUT2D eigenvalue weighted by atomic mass is 16.4. The first-order chi connectivity index (χ1) is 8.28. The molecule has 4 nitrogen and oxygen atoms in total. The van der Waals surface area contributed by atoms with Gasteiger partial charge in [-0.25, -0.2) is 4.98 Å². The average Bonchev–Trinajstić information content (AvgIpc) is 2.77. The number of rotatable bonds is 5. The Bertz CT molecular complexity index is 331. The number of nitrogens with zero attached hydrogens (tertiary/aromatic N) is 1. The summed E-state index contributed by atoms with van der Waals surface area (Å²) in [5.41, 5.74) is 0. The van der Waals surface area contributed by atoms with Gasteiger partial charge in [0.1, 0.15) is 5.76 Å². The fourth-order valence-electron chi connectivity index (χ4n) is 2.27. The molecular formula is C13H23N3O. The summed E-state index contributed by atoms with van der Waals surface area (Å²) in [7, 11) is 1.97. The van der Waals surface area contributed by atoms with Crippen molar-refractivity contribution >= 4 is 0 Å². The van der Waals surface area contributed by atoms with Crippen molar-refractivity contribution in [1.82, 2.24) is 15.6 Å². The van der Waals surface area contributed by atoms with Crippen LogP contribution in [0.25, 0.3) is 0 Å². The quantitative estimate of drug-likeness (QED) is 0.812. The Morgan fingerprint density at radius 2 is 2.29 bits per heavy atom. The fraction of sp³-hybridized carbons (Fsp3) is 0.769. The van der Waals surface area contributed by atoms with Gasteiger partial charge >= 0.3 is 0 Å². The van der Waals surface area contributed by atoms with Gasteiger partial charge in [0.25, 0.3) is 0 Å². The highest BCUT2D eigenvalue weighted by molar-refractivity contribution is 4.97. The predicted octanol–water partition coefficient (Wildman–Crippen LogP) is 1.37. The summed E-state index contributed by atoms with van der Waals surface area (Å²) in [4.78, 5) is 4.38. The summed E-state index contributed by atoms with van der Waals surface area (Å²) in [6.07, 6.45) is 6.27. The number of piperidine rings is 1. The number of nitrogens with one attached hydrogen (secondary N) is 2. The lowest BCUT2D eigenvalue weighted by Crippen LogP contribution is -2.28. The predicted molar refractivity (Wildman–Crippen MR) is 68.0 cm³/mol. The number of likely N-dealkylation sites (N-methyl/N-ethyl adjacent to an activating group) is 1. The van der Waals surface area contributed by atoms with E-state index in [0.717, 1.165) is 43.5 Å². The number of aromatic nitrogens is 1. The molecule has 2 rings (SSSR count). The highest BCUT2D eigenvalue weighted by Crippen LogP contribution is 2.18. The maximum atomic E-state index is 5.79. The zero-order valence-electron chi connectivity index (χ0n) is 10.8. The molecule has 1 atom stereocenters. The lowest BCUT2D eigenvalue weighted by atomic mass is 9.95. The Labute approximate surface area is 103 Å². The fourth-order valence-corrected chi connectivity index (χ4v) is 2.27. The molecule has 1 fully saturated rings. The molecule has 1 aromatic rings. The maximum absolute atomic E-state index is 5.79. The van der Waals surface area contributed by atoms with E-state index in [1.54, 1.807) is 0 Å². The van der Waals surface area contributed by atoms with Crippen molar-refractivity contribution in [3.63, 3.8) is 0 Å². The Morgan fingerprint density at radius 3 is 3.00 bits per heavy atom. The van der Waals surface area contributed by atoms with E-state index in [1.807, 2.05) is 13.2 Å². The first-order valence-electron chi connectivity index (χ1n) is 6.59. The second kappa shape index (κ2) is 6.17. The minimum Gasteiger partial charge on any atom is -0.446 e. The van der Waals surface area contributed by atoms with Crippen LogP contribution in [0.1, 0.15) is 31.4 Å². The summed E-state index contributed by atoms with van der Waals surface area (Å²) < 4.78 is 5.79. The monoisotopic (exact) mass is 237 g/mol. The normalized spacial score (nSPS) is 19.4. The van der Waals surface area contributed by atoms with E-state index in [4.69, 9.17) is 4.42 Å². The van der Waals surface area contributed by atoms with Gasteiger partial charge in [-0.1, -0.05) is 0 Å². The zero-order chi connectivity index (χ0) is 12.1. The Balaban J connectivity index is 1.84. The lowest BCUT2D eigenvalue weighted by Gasteiger charge is -2.20. The second-order valence-corrected chi connectivity index (χ2v) is 5.01. The molecule has 0 amide bonds. The van der Waals surface area contributed by atoms with Crippen molar-refractivity contribution < 1.29 is 4.42 Å². The van der Waals surface area contributed by atoms with Crippen molar-refractivity contribution in [2.45, 2.75) is 38.6 Å². The van der Waals surface area contributed by atoms with Gasteiger partial charge in [-0.3, -0.25) is 0 Å². The molecule has 17 heavy (non-hydrogen) atoms. The van der Waals surface area contributed by atoms with Crippen LogP contribution in [-0.2, 0) is 12.8 Å². The molecule has 96 valence electrons. The molecule has 2 heterocycles. The van der Waals surface area contributed by atoms with Crippen LogP contribution < -0.4 is 10.6 Å². The largest absolute Gasteiger partial charge is 0.446 e. The van der Waals surface area contributed by atoms with Crippen molar-refractivity contribution in [3.8, 4) is 0 Å². The molecule has 4 heteroatoms. The van der Waals surface area contributed by atoms with Crippen LogP contribution in [0.15, 0.2) is 10.6 Å². The van der Waals surface area contributed by atoms with Crippen LogP contribution in [0, 0.1) is 5.92 Å². The minimum atomic E-state index is 0.440. The maximum Gasteiger partial charge on any atom is 0.194 e. The smallest absolute Gasteiger partial charge is 0.194 e. The summed E-state index contributed by atoms with van der Waals surface area (Å²) in [6.45, 7) is 4.42. The number of hydrogen-bond donors (Lipinski definition) is 2. The van der Waals surface area contributed by atoms with Gasteiger partial charge in [0.2, 0.25) is 0 Å². The average molecular weight is 237 g/mol. The molecule has 0 radical (unpaired) electrons. The lowest BCUT2D eigenvalue weighted by molar-refractivity contribution is 0.334. The summed E-state index contributed by atoms with van der Waals surface area (Å²) in [5, 5.41) is 6.59. The number of oxazole rings is 1. The molecule has 2 N–H and O–H groups in total. The van der Waals surface area contributed by atoms with Gasteiger partial charge in [0.15, 0.2) is 5.89 Å². The van der Waals surface area contributed by atoms with E-state index in [1.165, 1.54) is 12.8 Å². The van der Waals surface area contributed by atoms with Crippen molar-refractivity contribution in [2.75, 3.05) is 20.1 Å². The van der Waals surface area contributed by atoms with Crippen LogP contribution >= 0.6 is 0 Å². The molecule has 1 saturated heterocycles. The summed E-state index contributed by atoms with van der Waals surface area (Å²) in [6, 6.07) is 0.440. The van der Waals surface area contributed by atoms with Gasteiger partial charge in [-0.15, -0.1) is 0 Å². The van der Waals surface area contributed by atoms with Crippen molar-refractivity contribution in [2.24, 2.45) is 5.92 Å². The molecule has 0 spiro atoms. The SMILES string of the molecule is CNC(C)Cc1cnc(CC2CCNCC2)o1. The van der Waals surface area contributed by atoms with Crippen LogP contribution in [0.3, 0.4) is 0 Å². The van der Waals surface area contributed by atoms with E-state index >= 15 is 0 Å². The molecule has 0 aromatic carbocycles. The Kier molecular flexibility index (Phi) is 4.57.